The molecule has 0 spiro atoms. The van der Waals surface area contributed by atoms with Crippen molar-refractivity contribution < 1.29 is 4.39 Å². The largest absolute Gasteiger partial charge is 0.346 e. The van der Waals surface area contributed by atoms with E-state index in [2.05, 4.69) is 21.8 Å². The standard InChI is InChI=1S/C27H22FN5/c28-23-13-19(5-6-20(23)14-29)26-22-9-11-32(16-18-3-1-2-4-18)24(22)15-31-27(26)21-7-8-25-30-10-12-33(25)17-21/h5-13,15,17-18H,1-4,16H2. The Balaban J connectivity index is 1.57. The molecule has 0 bridgehead atoms. The third-order valence-electron chi connectivity index (χ3n) is 6.80. The molecule has 0 aliphatic heterocycles. The van der Waals surface area contributed by atoms with Gasteiger partial charge in [-0.3, -0.25) is 4.98 Å². The zero-order valence-corrected chi connectivity index (χ0v) is 18.1. The van der Waals surface area contributed by atoms with E-state index in [1.165, 1.54) is 31.7 Å². The lowest BCUT2D eigenvalue weighted by atomic mass is 9.96. The van der Waals surface area contributed by atoms with Gasteiger partial charge in [0, 0.05) is 47.8 Å². The molecule has 33 heavy (non-hydrogen) atoms. The fourth-order valence-corrected chi connectivity index (χ4v) is 5.12. The Kier molecular flexibility index (Phi) is 4.69. The van der Waals surface area contributed by atoms with Crippen LogP contribution in [0.4, 0.5) is 4.39 Å². The lowest BCUT2D eigenvalue weighted by Crippen LogP contribution is -2.06. The summed E-state index contributed by atoms with van der Waals surface area (Å²) in [6.07, 6.45) is 14.9. The number of hydrogen-bond donors (Lipinski definition) is 0. The van der Waals surface area contributed by atoms with Crippen LogP contribution in [0.25, 0.3) is 38.9 Å². The molecule has 1 aliphatic rings. The average molecular weight is 436 g/mol. The molecule has 6 heteroatoms. The topological polar surface area (TPSA) is 58.9 Å². The number of hydrogen-bond acceptors (Lipinski definition) is 3. The molecule has 1 aliphatic carbocycles. The van der Waals surface area contributed by atoms with Gasteiger partial charge in [0.05, 0.1) is 23.0 Å². The first kappa shape index (κ1) is 19.7. The molecule has 5 nitrogen and oxygen atoms in total. The second-order valence-corrected chi connectivity index (χ2v) is 8.82. The summed E-state index contributed by atoms with van der Waals surface area (Å²) < 4.78 is 18.9. The molecule has 1 aromatic carbocycles. The third kappa shape index (κ3) is 3.37. The summed E-state index contributed by atoms with van der Waals surface area (Å²) in [5.41, 5.74) is 5.23. The van der Waals surface area contributed by atoms with E-state index in [0.29, 0.717) is 11.5 Å². The van der Waals surface area contributed by atoms with Crippen molar-refractivity contribution in [2.24, 2.45) is 5.92 Å². The monoisotopic (exact) mass is 435 g/mol. The van der Waals surface area contributed by atoms with E-state index in [9.17, 15) is 9.65 Å². The normalized spacial score (nSPS) is 14.3. The van der Waals surface area contributed by atoms with Crippen LogP contribution in [0, 0.1) is 23.1 Å². The minimum absolute atomic E-state index is 0.0408. The Morgan fingerprint density at radius 2 is 1.88 bits per heavy atom. The Labute approximate surface area is 190 Å². The number of nitriles is 1. The maximum absolute atomic E-state index is 14.7. The van der Waals surface area contributed by atoms with E-state index in [0.717, 1.165) is 39.9 Å². The zero-order valence-electron chi connectivity index (χ0n) is 18.1. The number of fused-ring (bicyclic) bond motifs is 2. The summed E-state index contributed by atoms with van der Waals surface area (Å²) in [6.45, 7) is 0.979. The third-order valence-corrected chi connectivity index (χ3v) is 6.80. The van der Waals surface area contributed by atoms with Crippen molar-refractivity contribution in [1.82, 2.24) is 18.9 Å². The van der Waals surface area contributed by atoms with Gasteiger partial charge in [0.15, 0.2) is 0 Å². The molecular formula is C27H22FN5. The first-order valence-electron chi connectivity index (χ1n) is 11.3. The van der Waals surface area contributed by atoms with E-state index >= 15 is 0 Å². The van der Waals surface area contributed by atoms with Crippen LogP contribution in [-0.4, -0.2) is 18.9 Å². The first-order valence-corrected chi connectivity index (χ1v) is 11.3. The number of pyridine rings is 2. The molecule has 6 rings (SSSR count). The van der Waals surface area contributed by atoms with Gasteiger partial charge in [0.25, 0.3) is 0 Å². The van der Waals surface area contributed by atoms with Crippen molar-refractivity contribution in [3.05, 3.63) is 78.8 Å². The van der Waals surface area contributed by atoms with Crippen LogP contribution in [0.2, 0.25) is 0 Å². The molecule has 4 heterocycles. The molecule has 0 unspecified atom stereocenters. The lowest BCUT2D eigenvalue weighted by Gasteiger charge is -2.15. The van der Waals surface area contributed by atoms with Gasteiger partial charge in [-0.2, -0.15) is 5.26 Å². The van der Waals surface area contributed by atoms with Gasteiger partial charge in [0.1, 0.15) is 17.5 Å². The van der Waals surface area contributed by atoms with Crippen molar-refractivity contribution in [3.8, 4) is 28.5 Å². The van der Waals surface area contributed by atoms with Crippen molar-refractivity contribution >= 4 is 16.6 Å². The Bertz CT molecular complexity index is 1530. The number of rotatable bonds is 4. The Hall–Kier alpha value is -3.98. The van der Waals surface area contributed by atoms with Gasteiger partial charge in [-0.25, -0.2) is 9.37 Å². The van der Waals surface area contributed by atoms with Gasteiger partial charge in [-0.15, -0.1) is 0 Å². The maximum Gasteiger partial charge on any atom is 0.141 e. The van der Waals surface area contributed by atoms with Gasteiger partial charge in [0.2, 0.25) is 0 Å². The average Bonchev–Trinajstić information content (AvgIpc) is 3.60. The second kappa shape index (κ2) is 7.86. The fourth-order valence-electron chi connectivity index (χ4n) is 5.12. The number of benzene rings is 1. The summed E-state index contributed by atoms with van der Waals surface area (Å²) in [4.78, 5) is 9.21. The summed E-state index contributed by atoms with van der Waals surface area (Å²) >= 11 is 0. The maximum atomic E-state index is 14.7. The predicted molar refractivity (Wildman–Crippen MR) is 126 cm³/mol. The van der Waals surface area contributed by atoms with E-state index in [4.69, 9.17) is 4.98 Å². The highest BCUT2D eigenvalue weighted by Gasteiger charge is 2.20. The molecule has 4 aromatic heterocycles. The molecular weight excluding hydrogens is 413 g/mol. The SMILES string of the molecule is N#Cc1ccc(-c2c(-c3ccc4nccn4c3)ncc3c2ccn3CC2CCCC2)cc1F. The second-order valence-electron chi connectivity index (χ2n) is 8.82. The number of halogens is 1. The molecule has 0 radical (unpaired) electrons. The molecule has 162 valence electrons. The first-order chi connectivity index (χ1) is 16.2. The van der Waals surface area contributed by atoms with Gasteiger partial charge < -0.3 is 8.97 Å². The summed E-state index contributed by atoms with van der Waals surface area (Å²) in [5.74, 6) is 0.174. The van der Waals surface area contributed by atoms with Crippen LogP contribution in [0.5, 0.6) is 0 Å². The van der Waals surface area contributed by atoms with Crippen LogP contribution in [0.1, 0.15) is 31.2 Å². The van der Waals surface area contributed by atoms with Crippen LogP contribution in [0.3, 0.4) is 0 Å². The van der Waals surface area contributed by atoms with E-state index in [1.807, 2.05) is 47.3 Å². The number of imidazole rings is 1. The summed E-state index contributed by atoms with van der Waals surface area (Å²) in [6, 6.07) is 12.8. The molecule has 1 fully saturated rings. The Morgan fingerprint density at radius 1 is 1.03 bits per heavy atom. The highest BCUT2D eigenvalue weighted by atomic mass is 19.1. The van der Waals surface area contributed by atoms with Crippen molar-refractivity contribution in [1.29, 1.82) is 5.26 Å². The molecule has 0 amide bonds. The van der Waals surface area contributed by atoms with E-state index in [1.54, 1.807) is 12.3 Å². The van der Waals surface area contributed by atoms with Gasteiger partial charge in [-0.1, -0.05) is 18.9 Å². The number of aromatic nitrogens is 4. The number of nitrogens with zero attached hydrogens (tertiary/aromatic N) is 5. The van der Waals surface area contributed by atoms with Crippen molar-refractivity contribution in [3.63, 3.8) is 0 Å². The predicted octanol–water partition coefficient (Wildman–Crippen LogP) is 6.22. The van der Waals surface area contributed by atoms with Crippen LogP contribution < -0.4 is 0 Å². The highest BCUT2D eigenvalue weighted by molar-refractivity contribution is 6.01. The van der Waals surface area contributed by atoms with Crippen molar-refractivity contribution in [2.45, 2.75) is 32.2 Å². The summed E-state index contributed by atoms with van der Waals surface area (Å²) in [5, 5.41) is 10.2. The molecule has 5 aromatic rings. The van der Waals surface area contributed by atoms with E-state index in [-0.39, 0.29) is 5.56 Å². The molecule has 0 N–H and O–H groups in total. The van der Waals surface area contributed by atoms with Crippen LogP contribution in [0.15, 0.2) is 67.4 Å². The lowest BCUT2D eigenvalue weighted by molar-refractivity contribution is 0.466. The van der Waals surface area contributed by atoms with Gasteiger partial charge >= 0.3 is 0 Å². The van der Waals surface area contributed by atoms with E-state index < -0.39 is 5.82 Å². The molecule has 1 saturated carbocycles. The van der Waals surface area contributed by atoms with Crippen LogP contribution in [-0.2, 0) is 6.54 Å². The minimum atomic E-state index is -0.520. The quantitative estimate of drug-likeness (QED) is 0.337. The fraction of sp³-hybridized carbons (Fsp3) is 0.222. The van der Waals surface area contributed by atoms with Gasteiger partial charge in [-0.05, 0) is 54.7 Å². The summed E-state index contributed by atoms with van der Waals surface area (Å²) in [7, 11) is 0. The molecule has 0 atom stereocenters. The van der Waals surface area contributed by atoms with Crippen LogP contribution >= 0.6 is 0 Å². The smallest absolute Gasteiger partial charge is 0.141 e. The molecule has 0 saturated heterocycles. The minimum Gasteiger partial charge on any atom is -0.346 e. The van der Waals surface area contributed by atoms with Crippen molar-refractivity contribution in [2.75, 3.05) is 0 Å². The Morgan fingerprint density at radius 3 is 2.70 bits per heavy atom. The highest BCUT2D eigenvalue weighted by Crippen LogP contribution is 2.38. The zero-order chi connectivity index (χ0) is 22.4.